The van der Waals surface area contributed by atoms with Gasteiger partial charge in [0.2, 0.25) is 0 Å². The maximum absolute atomic E-state index is 13.0. The fourth-order valence-corrected chi connectivity index (χ4v) is 4.38. The van der Waals surface area contributed by atoms with Crippen LogP contribution in [0, 0.1) is 0 Å². The summed E-state index contributed by atoms with van der Waals surface area (Å²) in [4.78, 5) is 26.6. The highest BCUT2D eigenvalue weighted by Crippen LogP contribution is 2.36. The number of nitrogens with zero attached hydrogens (tertiary/aromatic N) is 1. The highest BCUT2D eigenvalue weighted by Gasteiger charge is 2.35. The first-order valence-electron chi connectivity index (χ1n) is 10.8. The molecule has 1 aliphatic rings. The second-order valence-electron chi connectivity index (χ2n) is 7.84. The Morgan fingerprint density at radius 2 is 1.78 bits per heavy atom. The zero-order valence-electron chi connectivity index (χ0n) is 19.2. The number of urea groups is 1. The lowest BCUT2D eigenvalue weighted by molar-refractivity contribution is -0.113. The number of rotatable bonds is 8. The highest BCUT2D eigenvalue weighted by atomic mass is 35.5. The topological polar surface area (TPSA) is 67.9 Å². The molecule has 4 rings (SSSR count). The second kappa shape index (κ2) is 11.1. The summed E-state index contributed by atoms with van der Waals surface area (Å²) in [5, 5.41) is 4.06. The molecule has 0 unspecified atom stereocenters. The normalized spacial score (nSPS) is 14.2. The number of hydrogen-bond acceptors (Lipinski definition) is 4. The van der Waals surface area contributed by atoms with E-state index in [0.717, 1.165) is 16.0 Å². The first-order valence-corrected chi connectivity index (χ1v) is 12.0. The SMILES string of the molecule is C=CCc1cc(/C=C2/NC(=O)N(c3cccc(Cl)c3)C2=O)cc(OC)c1OCc1ccc(Cl)cc1Cl. The van der Waals surface area contributed by atoms with Crippen LogP contribution in [-0.4, -0.2) is 19.0 Å². The monoisotopic (exact) mass is 542 g/mol. The first kappa shape index (κ1) is 25.6. The third kappa shape index (κ3) is 5.51. The minimum Gasteiger partial charge on any atom is -0.493 e. The van der Waals surface area contributed by atoms with E-state index in [-0.39, 0.29) is 12.3 Å². The molecule has 184 valence electrons. The highest BCUT2D eigenvalue weighted by molar-refractivity contribution is 6.35. The summed E-state index contributed by atoms with van der Waals surface area (Å²) in [7, 11) is 1.52. The fraction of sp³-hybridized carbons (Fsp3) is 0.111. The number of imide groups is 1. The van der Waals surface area contributed by atoms with Gasteiger partial charge in [0.25, 0.3) is 5.91 Å². The molecule has 0 spiro atoms. The third-order valence-electron chi connectivity index (χ3n) is 5.38. The summed E-state index contributed by atoms with van der Waals surface area (Å²) in [5.41, 5.74) is 2.68. The number of allylic oxidation sites excluding steroid dienone is 1. The van der Waals surface area contributed by atoms with Gasteiger partial charge in [-0.3, -0.25) is 4.79 Å². The van der Waals surface area contributed by atoms with Gasteiger partial charge in [0.15, 0.2) is 11.5 Å². The summed E-state index contributed by atoms with van der Waals surface area (Å²) in [6.07, 6.45) is 3.79. The van der Waals surface area contributed by atoms with Crippen LogP contribution in [-0.2, 0) is 17.8 Å². The van der Waals surface area contributed by atoms with Crippen molar-refractivity contribution in [2.75, 3.05) is 12.0 Å². The summed E-state index contributed by atoms with van der Waals surface area (Å²) >= 11 is 18.3. The Kier molecular flexibility index (Phi) is 7.89. The average molecular weight is 544 g/mol. The van der Waals surface area contributed by atoms with Gasteiger partial charge in [-0.05, 0) is 60.5 Å². The van der Waals surface area contributed by atoms with E-state index in [2.05, 4.69) is 11.9 Å². The van der Waals surface area contributed by atoms with E-state index in [1.807, 2.05) is 6.07 Å². The van der Waals surface area contributed by atoms with Gasteiger partial charge in [0, 0.05) is 26.2 Å². The van der Waals surface area contributed by atoms with Gasteiger partial charge in [0.1, 0.15) is 12.3 Å². The summed E-state index contributed by atoms with van der Waals surface area (Å²) in [6, 6.07) is 14.7. The van der Waals surface area contributed by atoms with Crippen LogP contribution in [0.2, 0.25) is 15.1 Å². The number of carbonyl (C=O) groups is 2. The molecule has 36 heavy (non-hydrogen) atoms. The molecule has 1 N–H and O–H groups in total. The zero-order chi connectivity index (χ0) is 25.8. The van der Waals surface area contributed by atoms with Crippen molar-refractivity contribution in [2.45, 2.75) is 13.0 Å². The minimum absolute atomic E-state index is 0.119. The Labute approximate surface area is 223 Å². The number of ether oxygens (including phenoxy) is 2. The predicted molar refractivity (Wildman–Crippen MR) is 143 cm³/mol. The Balaban J connectivity index is 1.65. The van der Waals surface area contributed by atoms with Crippen LogP contribution in [0.1, 0.15) is 16.7 Å². The van der Waals surface area contributed by atoms with E-state index in [0.29, 0.717) is 44.2 Å². The van der Waals surface area contributed by atoms with Crippen molar-refractivity contribution in [3.05, 3.63) is 105 Å². The minimum atomic E-state index is -0.563. The molecule has 3 aromatic carbocycles. The van der Waals surface area contributed by atoms with Crippen LogP contribution in [0.4, 0.5) is 10.5 Å². The maximum Gasteiger partial charge on any atom is 0.333 e. The molecule has 0 atom stereocenters. The van der Waals surface area contributed by atoms with Crippen LogP contribution in [0.5, 0.6) is 11.5 Å². The number of anilines is 1. The van der Waals surface area contributed by atoms with Crippen LogP contribution in [0.25, 0.3) is 6.08 Å². The largest absolute Gasteiger partial charge is 0.493 e. The van der Waals surface area contributed by atoms with Crippen molar-refractivity contribution < 1.29 is 19.1 Å². The molecule has 1 heterocycles. The van der Waals surface area contributed by atoms with E-state index >= 15 is 0 Å². The van der Waals surface area contributed by atoms with Gasteiger partial charge in [-0.25, -0.2) is 9.69 Å². The Morgan fingerprint density at radius 1 is 1.00 bits per heavy atom. The lowest BCUT2D eigenvalue weighted by atomic mass is 10.0. The molecule has 0 aliphatic carbocycles. The predicted octanol–water partition coefficient (Wildman–Crippen LogP) is 7.06. The van der Waals surface area contributed by atoms with E-state index in [1.165, 1.54) is 7.11 Å². The Hall–Kier alpha value is -3.45. The van der Waals surface area contributed by atoms with Crippen molar-refractivity contribution in [1.82, 2.24) is 5.32 Å². The molecule has 0 aromatic heterocycles. The molecular weight excluding hydrogens is 523 g/mol. The van der Waals surface area contributed by atoms with Crippen LogP contribution in [0.15, 0.2) is 72.9 Å². The number of hydrogen-bond donors (Lipinski definition) is 1. The van der Waals surface area contributed by atoms with Crippen molar-refractivity contribution in [1.29, 1.82) is 0 Å². The van der Waals surface area contributed by atoms with E-state index < -0.39 is 11.9 Å². The standard InChI is InChI=1S/C27H21Cl3N2O4/c1-3-5-17-10-16(11-23-26(33)32(27(34)31-23)21-7-4-6-19(28)13-21)12-24(35-2)25(17)36-15-18-8-9-20(29)14-22(18)30/h3-4,6-14H,1,5,15H2,2H3,(H,31,34)/b23-11+. The Bertz CT molecular complexity index is 1390. The number of amides is 3. The lowest BCUT2D eigenvalue weighted by Crippen LogP contribution is -2.30. The van der Waals surface area contributed by atoms with E-state index in [9.17, 15) is 9.59 Å². The molecule has 9 heteroatoms. The molecule has 3 amide bonds. The molecule has 1 saturated heterocycles. The third-order valence-corrected chi connectivity index (χ3v) is 6.20. The van der Waals surface area contributed by atoms with E-state index in [1.54, 1.807) is 60.7 Å². The van der Waals surface area contributed by atoms with Crippen molar-refractivity contribution >= 4 is 58.5 Å². The average Bonchev–Trinajstić information content (AvgIpc) is 3.11. The van der Waals surface area contributed by atoms with Crippen LogP contribution in [0.3, 0.4) is 0 Å². The Morgan fingerprint density at radius 3 is 2.47 bits per heavy atom. The smallest absolute Gasteiger partial charge is 0.333 e. The number of benzene rings is 3. The second-order valence-corrected chi connectivity index (χ2v) is 9.12. The summed E-state index contributed by atoms with van der Waals surface area (Å²) < 4.78 is 11.7. The van der Waals surface area contributed by atoms with Gasteiger partial charge in [-0.2, -0.15) is 0 Å². The summed E-state index contributed by atoms with van der Waals surface area (Å²) in [6.45, 7) is 4.02. The van der Waals surface area contributed by atoms with Crippen molar-refractivity contribution in [2.24, 2.45) is 0 Å². The molecule has 0 radical (unpaired) electrons. The molecule has 0 bridgehead atoms. The number of carbonyl (C=O) groups excluding carboxylic acids is 2. The van der Waals surface area contributed by atoms with Gasteiger partial charge in [0.05, 0.1) is 12.8 Å². The van der Waals surface area contributed by atoms with Crippen molar-refractivity contribution in [3.63, 3.8) is 0 Å². The molecule has 6 nitrogen and oxygen atoms in total. The summed E-state index contributed by atoms with van der Waals surface area (Å²) in [5.74, 6) is 0.479. The fourth-order valence-electron chi connectivity index (χ4n) is 3.73. The molecule has 1 aliphatic heterocycles. The number of nitrogens with one attached hydrogen (secondary N) is 1. The van der Waals surface area contributed by atoms with Crippen LogP contribution >= 0.6 is 34.8 Å². The van der Waals surface area contributed by atoms with Crippen molar-refractivity contribution in [3.8, 4) is 11.5 Å². The lowest BCUT2D eigenvalue weighted by Gasteiger charge is -2.16. The van der Waals surface area contributed by atoms with Crippen LogP contribution < -0.4 is 19.7 Å². The van der Waals surface area contributed by atoms with Gasteiger partial charge < -0.3 is 14.8 Å². The molecular formula is C27H21Cl3N2O4. The molecule has 1 fully saturated rings. The van der Waals surface area contributed by atoms with Gasteiger partial charge >= 0.3 is 6.03 Å². The van der Waals surface area contributed by atoms with Gasteiger partial charge in [-0.1, -0.05) is 53.0 Å². The van der Waals surface area contributed by atoms with E-state index in [4.69, 9.17) is 44.3 Å². The first-order chi connectivity index (χ1) is 17.3. The molecule has 3 aromatic rings. The zero-order valence-corrected chi connectivity index (χ0v) is 21.5. The number of methoxy groups -OCH3 is 1. The maximum atomic E-state index is 13.0. The quantitative estimate of drug-likeness (QED) is 0.188. The molecule has 0 saturated carbocycles. The number of halogens is 3. The van der Waals surface area contributed by atoms with Gasteiger partial charge in [-0.15, -0.1) is 6.58 Å².